The highest BCUT2D eigenvalue weighted by Gasteiger charge is 2.03. The van der Waals surface area contributed by atoms with E-state index in [1.54, 1.807) is 82.7 Å². The van der Waals surface area contributed by atoms with Crippen molar-refractivity contribution in [2.24, 2.45) is 22.3 Å². The first kappa shape index (κ1) is 52.3. The molecule has 0 spiro atoms. The molecule has 6 aromatic rings. The Morgan fingerprint density at radius 2 is 0.705 bits per heavy atom. The molecule has 6 rings (SSSR count). The van der Waals surface area contributed by atoms with Gasteiger partial charge in [0.2, 0.25) is 0 Å². The average molecular weight is 835 g/mol. The fraction of sp³-hybridized carbons (Fsp3) is 0.390. The number of azide groups is 1. The molecule has 20 heteroatoms. The topological polar surface area (TPSA) is 319 Å². The van der Waals surface area contributed by atoms with E-state index in [0.29, 0.717) is 17.2 Å². The van der Waals surface area contributed by atoms with Gasteiger partial charge in [0.1, 0.15) is 34.9 Å². The van der Waals surface area contributed by atoms with Gasteiger partial charge in [0.15, 0.2) is 6.29 Å². The Morgan fingerprint density at radius 3 is 0.918 bits per heavy atom. The van der Waals surface area contributed by atoms with Crippen LogP contribution in [0.25, 0.3) is 10.4 Å². The molecule has 6 aromatic heterocycles. The van der Waals surface area contributed by atoms with E-state index >= 15 is 0 Å². The molecule has 0 saturated heterocycles. The lowest BCUT2D eigenvalue weighted by Gasteiger charge is -2.02. The van der Waals surface area contributed by atoms with Crippen molar-refractivity contribution in [1.29, 1.82) is 0 Å². The predicted octanol–water partition coefficient (Wildman–Crippen LogP) is 6.01. The van der Waals surface area contributed by atoms with Gasteiger partial charge in [0.05, 0.1) is 17.7 Å². The Morgan fingerprint density at radius 1 is 0.475 bits per heavy atom. The zero-order valence-corrected chi connectivity index (χ0v) is 36.7. The van der Waals surface area contributed by atoms with Crippen LogP contribution in [0, 0.1) is 41.5 Å². The second kappa shape index (κ2) is 28.7. The number of carbonyl (C=O) groups is 1. The van der Waals surface area contributed by atoms with Gasteiger partial charge in [-0.1, -0.05) is 12.0 Å². The molecule has 0 amide bonds. The number of hydrogen-bond acceptors (Lipinski definition) is 18. The number of rotatable bonds is 7. The lowest BCUT2D eigenvalue weighted by molar-refractivity contribution is 0.112. The van der Waals surface area contributed by atoms with Gasteiger partial charge in [-0.3, -0.25) is 4.79 Å². The van der Waals surface area contributed by atoms with Crippen LogP contribution < -0.4 is 17.2 Å². The minimum Gasteiger partial charge on any atom is -0.389 e. The molecule has 0 aliphatic carbocycles. The zero-order valence-electron chi connectivity index (χ0n) is 36.7. The summed E-state index contributed by atoms with van der Waals surface area (Å²) in [6, 6.07) is -0.114. The monoisotopic (exact) mass is 834 g/mol. The fourth-order valence-electron chi connectivity index (χ4n) is 3.76. The highest BCUT2D eigenvalue weighted by molar-refractivity contribution is 5.73. The first-order chi connectivity index (χ1) is 28.9. The summed E-state index contributed by atoms with van der Waals surface area (Å²) in [5.74, 6) is 4.47. The van der Waals surface area contributed by atoms with Gasteiger partial charge in [-0.15, -0.1) is 0 Å². The van der Waals surface area contributed by atoms with Crippen molar-refractivity contribution in [3.05, 3.63) is 153 Å². The van der Waals surface area contributed by atoms with Crippen LogP contribution in [0.4, 0.5) is 0 Å². The van der Waals surface area contributed by atoms with E-state index in [9.17, 15) is 4.79 Å². The third-order valence-corrected chi connectivity index (χ3v) is 7.71. The summed E-state index contributed by atoms with van der Waals surface area (Å²) in [4.78, 5) is 60.2. The van der Waals surface area contributed by atoms with E-state index in [1.165, 1.54) is 12.4 Å². The molecule has 20 nitrogen and oxygen atoms in total. The van der Waals surface area contributed by atoms with Gasteiger partial charge >= 0.3 is 0 Å². The van der Waals surface area contributed by atoms with Gasteiger partial charge in [0.25, 0.3) is 0 Å². The summed E-state index contributed by atoms with van der Waals surface area (Å²) in [5, 5.41) is 12.6. The molecule has 0 aromatic carbocycles. The Hall–Kier alpha value is -6.70. The number of hydrogen-bond donors (Lipinski definition) is 4. The number of aryl methyl sites for hydroxylation is 6. The summed E-state index contributed by atoms with van der Waals surface area (Å²) in [6.07, 6.45) is 20.4. The maximum Gasteiger partial charge on any atom is 0.153 e. The van der Waals surface area contributed by atoms with E-state index < -0.39 is 6.10 Å². The molecular weight excluding hydrogens is 777 g/mol. The maximum atomic E-state index is 10.0. The third-order valence-electron chi connectivity index (χ3n) is 7.71. The fourth-order valence-corrected chi connectivity index (χ4v) is 3.76. The molecule has 0 fully saturated rings. The minimum atomic E-state index is -0.472. The van der Waals surface area contributed by atoms with Crippen LogP contribution in [-0.4, -0.2) is 71.2 Å². The van der Waals surface area contributed by atoms with Crippen molar-refractivity contribution >= 4 is 6.29 Å². The van der Waals surface area contributed by atoms with Crippen molar-refractivity contribution in [1.82, 2.24) is 59.8 Å². The molecule has 0 radical (unpaired) electrons. The first-order valence-corrected chi connectivity index (χ1v) is 19.0. The van der Waals surface area contributed by atoms with Gasteiger partial charge in [-0.25, -0.2) is 59.8 Å². The molecule has 0 aliphatic rings. The molecule has 3 unspecified atom stereocenters. The van der Waals surface area contributed by atoms with Crippen molar-refractivity contribution in [3.63, 3.8) is 0 Å². The van der Waals surface area contributed by atoms with Crippen LogP contribution >= 0.6 is 0 Å². The Bertz CT molecular complexity index is 1930. The van der Waals surface area contributed by atoms with Crippen molar-refractivity contribution in [3.8, 4) is 0 Å². The first-order valence-electron chi connectivity index (χ1n) is 19.0. The summed E-state index contributed by atoms with van der Waals surface area (Å²) < 4.78 is 0. The molecule has 0 bridgehead atoms. The second-order valence-corrected chi connectivity index (χ2v) is 13.4. The number of aromatic nitrogens is 12. The summed E-state index contributed by atoms with van der Waals surface area (Å²) in [6.45, 7) is 20.2. The molecule has 324 valence electrons. The number of aliphatic hydroxyl groups excluding tert-OH is 1. The largest absolute Gasteiger partial charge is 0.389 e. The number of aliphatic hydroxyl groups is 1. The SMILES string of the molecule is Cc1ncc(C(C)N)cn1.Cc1ncc(C(C)N=[N+]=[N-])cn1.Cc1ncc(C(C)O)cn1.Cc1ncc(C=O)cn1.Cc1ncc([C@@H](C)N)cn1.Cc1ncc([C@H](C)N)cn1. The summed E-state index contributed by atoms with van der Waals surface area (Å²) >= 11 is 0. The third kappa shape index (κ3) is 22.9. The number of carbonyl (C=O) groups excluding carboxylic acids is 1. The smallest absolute Gasteiger partial charge is 0.153 e. The normalized spacial score (nSPS) is 12.2. The number of nitrogens with two attached hydrogens (primary N) is 3. The molecule has 61 heavy (non-hydrogen) atoms. The Labute approximate surface area is 357 Å². The molecule has 7 N–H and O–H groups in total. The van der Waals surface area contributed by atoms with Crippen molar-refractivity contribution in [2.45, 2.75) is 106 Å². The lowest BCUT2D eigenvalue weighted by Crippen LogP contribution is -2.06. The minimum absolute atomic E-state index is 0.0283. The molecule has 5 atom stereocenters. The Kier molecular flexibility index (Phi) is 24.6. The number of nitrogens with zero attached hydrogens (tertiary/aromatic N) is 15. The highest BCUT2D eigenvalue weighted by Crippen LogP contribution is 2.14. The van der Waals surface area contributed by atoms with Gasteiger partial charge in [-0.2, -0.15) is 0 Å². The second-order valence-electron chi connectivity index (χ2n) is 13.4. The lowest BCUT2D eigenvalue weighted by atomic mass is 10.2. The van der Waals surface area contributed by atoms with E-state index in [2.05, 4.69) is 69.8 Å². The van der Waals surface area contributed by atoms with Crippen LogP contribution in [0.5, 0.6) is 0 Å². The maximum absolute atomic E-state index is 10.0. The van der Waals surface area contributed by atoms with Crippen LogP contribution in [0.3, 0.4) is 0 Å². The van der Waals surface area contributed by atoms with Gasteiger partial charge < -0.3 is 22.3 Å². The molecule has 0 aliphatic heterocycles. The highest BCUT2D eigenvalue weighted by atomic mass is 16.3. The van der Waals surface area contributed by atoms with Crippen molar-refractivity contribution in [2.75, 3.05) is 0 Å². The zero-order chi connectivity index (χ0) is 45.9. The molecule has 0 saturated carbocycles. The summed E-state index contributed by atoms with van der Waals surface area (Å²) in [5.41, 5.74) is 30.0. The van der Waals surface area contributed by atoms with E-state index in [4.69, 9.17) is 27.8 Å². The van der Waals surface area contributed by atoms with E-state index in [1.807, 2.05) is 55.4 Å². The van der Waals surface area contributed by atoms with Crippen LogP contribution in [0.2, 0.25) is 0 Å². The van der Waals surface area contributed by atoms with Gasteiger partial charge in [0, 0.05) is 120 Å². The van der Waals surface area contributed by atoms with Crippen molar-refractivity contribution < 1.29 is 9.90 Å². The van der Waals surface area contributed by atoms with E-state index in [0.717, 1.165) is 57.4 Å². The molecular formula is C41H58N18O2. The van der Waals surface area contributed by atoms with Crippen LogP contribution in [0.1, 0.15) is 138 Å². The van der Waals surface area contributed by atoms with Crippen LogP contribution in [0.15, 0.2) is 79.5 Å². The number of aldehydes is 1. The van der Waals surface area contributed by atoms with E-state index in [-0.39, 0.29) is 24.2 Å². The molecule has 6 heterocycles. The standard InChI is InChI=1S/C7H9N5.3C7H11N3.C7H10N2O.C6H6N2O/c1-5(11-12-8)7-3-9-6(2)10-4-7;3*1-5(8)7-3-9-6(2)10-4-7;1-5(10)7-3-8-6(2)9-4-7;1-5-7-2-6(4-9)3-8-5/h3-5H,1-2H3;3*3-5H,8H2,1-2H3;3-5,10H,1-2H3;2-4H,1H3/t;2*5-;;;/m.10.../s1. The predicted molar refractivity (Wildman–Crippen MR) is 232 cm³/mol. The Balaban J connectivity index is 0.000000367. The van der Waals surface area contributed by atoms with Crippen LogP contribution in [-0.2, 0) is 0 Å². The average Bonchev–Trinajstić information content (AvgIpc) is 3.23. The summed E-state index contributed by atoms with van der Waals surface area (Å²) in [7, 11) is 0. The quantitative estimate of drug-likeness (QED) is 0.0619. The van der Waals surface area contributed by atoms with Gasteiger partial charge in [-0.05, 0) is 80.3 Å².